The molecule has 0 saturated heterocycles. The third-order valence-electron chi connectivity index (χ3n) is 6.17. The van der Waals surface area contributed by atoms with Crippen molar-refractivity contribution in [1.82, 2.24) is 35.5 Å². The van der Waals surface area contributed by atoms with Gasteiger partial charge in [-0.2, -0.15) is 4.68 Å². The Morgan fingerprint density at radius 2 is 2.08 bits per heavy atom. The lowest BCUT2D eigenvalue weighted by Gasteiger charge is -2.15. The predicted molar refractivity (Wildman–Crippen MR) is 140 cm³/mol. The molecule has 4 aromatic rings. The van der Waals surface area contributed by atoms with Gasteiger partial charge in [0.05, 0.1) is 23.1 Å². The second-order valence-corrected chi connectivity index (χ2v) is 9.30. The van der Waals surface area contributed by atoms with E-state index in [0.717, 1.165) is 12.8 Å². The maximum absolute atomic E-state index is 13.9. The highest BCUT2D eigenvalue weighted by atomic mass is 35.5. The fourth-order valence-electron chi connectivity index (χ4n) is 4.32. The van der Waals surface area contributed by atoms with Gasteiger partial charge >= 0.3 is 0 Å². The summed E-state index contributed by atoms with van der Waals surface area (Å²) < 4.78 is 15.4. The summed E-state index contributed by atoms with van der Waals surface area (Å²) in [5.74, 6) is -0.383. The molecule has 1 aliphatic rings. The van der Waals surface area contributed by atoms with Gasteiger partial charge in [-0.25, -0.2) is 9.37 Å². The molecule has 2 aromatic heterocycles. The van der Waals surface area contributed by atoms with Gasteiger partial charge in [0.2, 0.25) is 11.8 Å². The van der Waals surface area contributed by atoms with Crippen molar-refractivity contribution in [2.24, 2.45) is 0 Å². The molecule has 0 fully saturated rings. The van der Waals surface area contributed by atoms with Gasteiger partial charge in [0.15, 0.2) is 0 Å². The van der Waals surface area contributed by atoms with Crippen LogP contribution in [0.3, 0.4) is 0 Å². The number of fused-ring (bicyclic) bond motifs is 4. The molecule has 1 aliphatic heterocycles. The molecule has 0 saturated carbocycles. The number of benzene rings is 2. The summed E-state index contributed by atoms with van der Waals surface area (Å²) in [6.07, 6.45) is 9.39. The lowest BCUT2D eigenvalue weighted by molar-refractivity contribution is -0.117. The van der Waals surface area contributed by atoms with Crippen molar-refractivity contribution >= 4 is 35.2 Å². The first-order valence-corrected chi connectivity index (χ1v) is 12.5. The van der Waals surface area contributed by atoms with Gasteiger partial charge in [0.1, 0.15) is 18.0 Å². The lowest BCUT2D eigenvalue weighted by atomic mass is 10.1. The quantitative estimate of drug-likeness (QED) is 0.327. The number of tetrazole rings is 1. The van der Waals surface area contributed by atoms with Gasteiger partial charge in [0.25, 0.3) is 0 Å². The van der Waals surface area contributed by atoms with E-state index in [1.807, 2.05) is 0 Å². The molecular formula is C26H24ClFN8O2. The molecule has 0 spiro atoms. The van der Waals surface area contributed by atoms with Crippen molar-refractivity contribution in [1.29, 1.82) is 0 Å². The molecule has 10 nitrogen and oxygen atoms in total. The molecule has 12 heteroatoms. The molecule has 2 aromatic carbocycles. The summed E-state index contributed by atoms with van der Waals surface area (Å²) in [5.41, 5.74) is 2.81. The van der Waals surface area contributed by atoms with E-state index in [0.29, 0.717) is 58.3 Å². The van der Waals surface area contributed by atoms with Crippen molar-refractivity contribution in [3.05, 3.63) is 77.2 Å². The number of nitrogens with one attached hydrogen (secondary N) is 3. The van der Waals surface area contributed by atoms with E-state index in [9.17, 15) is 14.0 Å². The van der Waals surface area contributed by atoms with Gasteiger partial charge in [-0.1, -0.05) is 24.4 Å². The van der Waals surface area contributed by atoms with Crippen LogP contribution in [0.15, 0.2) is 55.0 Å². The van der Waals surface area contributed by atoms with Gasteiger partial charge in [0, 0.05) is 34.8 Å². The Morgan fingerprint density at radius 3 is 2.92 bits per heavy atom. The third kappa shape index (κ3) is 5.94. The topological polar surface area (TPSA) is 130 Å². The monoisotopic (exact) mass is 534 g/mol. The number of aromatic nitrogens is 6. The summed E-state index contributed by atoms with van der Waals surface area (Å²) >= 11 is 6.17. The highest BCUT2D eigenvalue weighted by Crippen LogP contribution is 2.30. The first kappa shape index (κ1) is 25.3. The van der Waals surface area contributed by atoms with Crippen molar-refractivity contribution in [3.8, 4) is 16.9 Å². The lowest BCUT2D eigenvalue weighted by Crippen LogP contribution is -2.27. The first-order valence-electron chi connectivity index (χ1n) is 12.1. The van der Waals surface area contributed by atoms with Crippen LogP contribution in [0.5, 0.6) is 0 Å². The average Bonchev–Trinajstić information content (AvgIpc) is 3.59. The fraction of sp³-hybridized carbons (Fsp3) is 0.231. The van der Waals surface area contributed by atoms with E-state index in [1.54, 1.807) is 36.5 Å². The van der Waals surface area contributed by atoms with Crippen molar-refractivity contribution < 1.29 is 14.0 Å². The summed E-state index contributed by atoms with van der Waals surface area (Å²) in [4.78, 5) is 33.2. The number of anilines is 1. The Hall–Kier alpha value is -4.38. The summed E-state index contributed by atoms with van der Waals surface area (Å²) in [7, 11) is 0. The van der Waals surface area contributed by atoms with Gasteiger partial charge in [-0.3, -0.25) is 9.59 Å². The Balaban J connectivity index is 1.39. The fourth-order valence-corrected chi connectivity index (χ4v) is 4.50. The molecule has 1 unspecified atom stereocenters. The largest absolute Gasteiger partial charge is 0.346 e. The minimum atomic E-state index is -0.455. The molecule has 0 radical (unpaired) electrons. The Bertz CT molecular complexity index is 1480. The van der Waals surface area contributed by atoms with Gasteiger partial charge in [-0.05, 0) is 65.7 Å². The van der Waals surface area contributed by atoms with Crippen LogP contribution in [-0.2, 0) is 9.59 Å². The number of hydrogen-bond donors (Lipinski definition) is 3. The second kappa shape index (κ2) is 11.3. The molecule has 3 heterocycles. The zero-order chi connectivity index (χ0) is 26.5. The van der Waals surface area contributed by atoms with Gasteiger partial charge in [-0.15, -0.1) is 5.10 Å². The summed E-state index contributed by atoms with van der Waals surface area (Å²) in [5, 5.41) is 17.5. The van der Waals surface area contributed by atoms with Crippen LogP contribution in [0, 0.1) is 5.82 Å². The number of carbonyl (C=O) groups excluding carboxylic acids is 2. The van der Waals surface area contributed by atoms with Crippen molar-refractivity contribution in [2.45, 2.75) is 38.1 Å². The zero-order valence-electron chi connectivity index (χ0n) is 20.2. The molecule has 2 bridgehead atoms. The van der Waals surface area contributed by atoms with E-state index in [1.165, 1.54) is 29.2 Å². The Kier molecular flexibility index (Phi) is 7.55. The number of nitrogens with zero attached hydrogens (tertiary/aromatic N) is 5. The Morgan fingerprint density at radius 1 is 1.18 bits per heavy atom. The molecule has 2 amide bonds. The zero-order valence-corrected chi connectivity index (χ0v) is 21.0. The Labute approximate surface area is 222 Å². The second-order valence-electron chi connectivity index (χ2n) is 8.86. The number of imidazole rings is 1. The maximum atomic E-state index is 13.9. The van der Waals surface area contributed by atoms with Crippen LogP contribution >= 0.6 is 11.6 Å². The van der Waals surface area contributed by atoms with E-state index in [-0.39, 0.29) is 11.8 Å². The van der Waals surface area contributed by atoms with Crippen LogP contribution in [0.25, 0.3) is 23.0 Å². The summed E-state index contributed by atoms with van der Waals surface area (Å²) in [6, 6.07) is 8.98. The number of carbonyl (C=O) groups is 2. The smallest absolute Gasteiger partial charge is 0.244 e. The number of aromatic amines is 1. The highest BCUT2D eigenvalue weighted by molar-refractivity contribution is 6.30. The van der Waals surface area contributed by atoms with Gasteiger partial charge < -0.3 is 15.6 Å². The molecule has 194 valence electrons. The maximum Gasteiger partial charge on any atom is 0.244 e. The number of rotatable bonds is 4. The van der Waals surface area contributed by atoms with Crippen molar-refractivity contribution in [3.63, 3.8) is 0 Å². The first-order chi connectivity index (χ1) is 18.5. The minimum absolute atomic E-state index is 0.177. The third-order valence-corrected chi connectivity index (χ3v) is 6.41. The molecule has 0 aliphatic carbocycles. The molecular weight excluding hydrogens is 511 g/mol. The normalized spacial score (nSPS) is 16.2. The number of halogens is 2. The van der Waals surface area contributed by atoms with Crippen molar-refractivity contribution in [2.75, 3.05) is 5.32 Å². The molecule has 1 atom stereocenters. The van der Waals surface area contributed by atoms with E-state index >= 15 is 0 Å². The molecule has 5 rings (SSSR count). The average molecular weight is 535 g/mol. The number of H-pyrrole nitrogens is 1. The van der Waals surface area contributed by atoms with Crippen LogP contribution in [0.4, 0.5) is 10.1 Å². The van der Waals surface area contributed by atoms with E-state index in [2.05, 4.69) is 36.1 Å². The highest BCUT2D eigenvalue weighted by Gasteiger charge is 2.20. The molecule has 38 heavy (non-hydrogen) atoms. The molecule has 3 N–H and O–H groups in total. The number of amides is 2. The number of hydrogen-bond acceptors (Lipinski definition) is 6. The van der Waals surface area contributed by atoms with E-state index in [4.69, 9.17) is 11.6 Å². The minimum Gasteiger partial charge on any atom is -0.346 e. The summed E-state index contributed by atoms with van der Waals surface area (Å²) in [6.45, 7) is 0. The van der Waals surface area contributed by atoms with E-state index < -0.39 is 11.9 Å². The van der Waals surface area contributed by atoms with Crippen LogP contribution < -0.4 is 10.6 Å². The predicted octanol–water partition coefficient (Wildman–Crippen LogP) is 4.62. The standard InChI is InChI=1S/C26H24ClFN8O2/c27-17-7-10-23(36-15-30-34-35-36)16(12-17)6-11-25(38)31-20-4-2-1-3-5-24(37)32-21-13-18(28)8-9-19(21)22-14-29-26(20)33-22/h6-15,20H,1-5H2,(H,29,33)(H,31,38)(H,32,37)/b11-6+. The van der Waals surface area contributed by atoms with Crippen LogP contribution in [0.2, 0.25) is 5.02 Å². The van der Waals surface area contributed by atoms with Crippen LogP contribution in [0.1, 0.15) is 49.5 Å². The van der Waals surface area contributed by atoms with Crippen LogP contribution in [-0.4, -0.2) is 42.0 Å². The SMILES string of the molecule is O=C(/C=C/c1cc(Cl)ccc1-n1cnnn1)NC1CCCCCC(=O)Nc2cc(F)ccc2-c2c[nH]c1n2.